The van der Waals surface area contributed by atoms with E-state index in [-0.39, 0.29) is 0 Å². The van der Waals surface area contributed by atoms with Gasteiger partial charge in [0.05, 0.1) is 19.0 Å². The van der Waals surface area contributed by atoms with Crippen LogP contribution in [0.4, 0.5) is 5.82 Å². The van der Waals surface area contributed by atoms with Crippen molar-refractivity contribution in [3.8, 4) is 5.88 Å². The normalized spacial score (nSPS) is 11.9. The zero-order valence-corrected chi connectivity index (χ0v) is 11.4. The summed E-state index contributed by atoms with van der Waals surface area (Å²) < 4.78 is 5.36. The highest BCUT2D eigenvalue weighted by atomic mass is 16.5. The number of rotatable bonds is 9. The Bertz CT molecular complexity index is 398. The Kier molecular flexibility index (Phi) is 6.63. The van der Waals surface area contributed by atoms with Crippen LogP contribution in [-0.2, 0) is 4.79 Å². The molecule has 0 bridgehead atoms. The lowest BCUT2D eigenvalue weighted by Gasteiger charge is -2.14. The van der Waals surface area contributed by atoms with Crippen LogP contribution >= 0.6 is 0 Å². The second kappa shape index (κ2) is 8.29. The molecule has 0 aliphatic rings. The summed E-state index contributed by atoms with van der Waals surface area (Å²) >= 11 is 0. The molecule has 0 saturated carbocycles. The standard InChI is InChI=1S/C13H21N3O3/c1-3-5-6-10(13(17)18)15-11-8-14-9-12(16-11)19-7-4-2/h8-10H,3-7H2,1-2H3,(H,15,16)(H,17,18). The molecule has 2 N–H and O–H groups in total. The predicted molar refractivity (Wildman–Crippen MR) is 72.4 cm³/mol. The molecule has 0 spiro atoms. The van der Waals surface area contributed by atoms with Crippen molar-refractivity contribution in [3.05, 3.63) is 12.4 Å². The van der Waals surface area contributed by atoms with Crippen LogP contribution in [0.15, 0.2) is 12.4 Å². The summed E-state index contributed by atoms with van der Waals surface area (Å²) in [6, 6.07) is -0.643. The van der Waals surface area contributed by atoms with E-state index in [1.807, 2.05) is 13.8 Å². The van der Waals surface area contributed by atoms with Gasteiger partial charge in [-0.2, -0.15) is 4.98 Å². The highest BCUT2D eigenvalue weighted by Crippen LogP contribution is 2.12. The second-order valence-corrected chi connectivity index (χ2v) is 4.27. The van der Waals surface area contributed by atoms with Gasteiger partial charge in [-0.05, 0) is 12.8 Å². The topological polar surface area (TPSA) is 84.3 Å². The zero-order chi connectivity index (χ0) is 14.1. The van der Waals surface area contributed by atoms with E-state index in [2.05, 4.69) is 15.3 Å². The van der Waals surface area contributed by atoms with Crippen LogP contribution in [0.25, 0.3) is 0 Å². The lowest BCUT2D eigenvalue weighted by molar-refractivity contribution is -0.138. The van der Waals surface area contributed by atoms with Crippen LogP contribution in [0.2, 0.25) is 0 Å². The Morgan fingerprint density at radius 1 is 1.42 bits per heavy atom. The summed E-state index contributed by atoms with van der Waals surface area (Å²) in [6.07, 6.45) is 6.27. The van der Waals surface area contributed by atoms with Gasteiger partial charge in [0.1, 0.15) is 11.9 Å². The van der Waals surface area contributed by atoms with Crippen LogP contribution in [0.5, 0.6) is 5.88 Å². The van der Waals surface area contributed by atoms with Crippen LogP contribution < -0.4 is 10.1 Å². The number of carboxylic acids is 1. The van der Waals surface area contributed by atoms with Gasteiger partial charge in [-0.3, -0.25) is 4.98 Å². The summed E-state index contributed by atoms with van der Waals surface area (Å²) in [5.41, 5.74) is 0. The number of nitrogens with zero attached hydrogens (tertiary/aromatic N) is 2. The minimum absolute atomic E-state index is 0.409. The Morgan fingerprint density at radius 2 is 2.21 bits per heavy atom. The maximum absolute atomic E-state index is 11.1. The molecule has 1 aromatic heterocycles. The molecule has 0 saturated heterocycles. The third-order valence-electron chi connectivity index (χ3n) is 2.53. The van der Waals surface area contributed by atoms with Gasteiger partial charge in [-0.25, -0.2) is 4.79 Å². The first-order chi connectivity index (χ1) is 9.17. The van der Waals surface area contributed by atoms with Gasteiger partial charge in [0.15, 0.2) is 0 Å². The predicted octanol–water partition coefficient (Wildman–Crippen LogP) is 2.32. The molecule has 1 atom stereocenters. The molecule has 6 nitrogen and oxygen atoms in total. The van der Waals surface area contributed by atoms with E-state index < -0.39 is 12.0 Å². The van der Waals surface area contributed by atoms with Gasteiger partial charge in [-0.1, -0.05) is 26.7 Å². The van der Waals surface area contributed by atoms with Crippen LogP contribution in [0, 0.1) is 0 Å². The van der Waals surface area contributed by atoms with E-state index in [1.165, 1.54) is 12.4 Å². The minimum atomic E-state index is -0.880. The van der Waals surface area contributed by atoms with E-state index in [4.69, 9.17) is 9.84 Å². The number of aromatic nitrogens is 2. The van der Waals surface area contributed by atoms with Crippen molar-refractivity contribution >= 4 is 11.8 Å². The van der Waals surface area contributed by atoms with Crippen molar-refractivity contribution in [2.24, 2.45) is 0 Å². The zero-order valence-electron chi connectivity index (χ0n) is 11.4. The molecular weight excluding hydrogens is 246 g/mol. The number of ether oxygens (including phenoxy) is 1. The van der Waals surface area contributed by atoms with E-state index in [0.717, 1.165) is 19.3 Å². The fourth-order valence-electron chi connectivity index (χ4n) is 1.54. The Labute approximate surface area is 113 Å². The highest BCUT2D eigenvalue weighted by molar-refractivity contribution is 5.76. The molecule has 1 heterocycles. The smallest absolute Gasteiger partial charge is 0.326 e. The third-order valence-corrected chi connectivity index (χ3v) is 2.53. The summed E-state index contributed by atoms with van der Waals surface area (Å²) in [5.74, 6) is -0.0429. The number of unbranched alkanes of at least 4 members (excludes halogenated alkanes) is 1. The molecule has 0 radical (unpaired) electrons. The summed E-state index contributed by atoms with van der Waals surface area (Å²) in [6.45, 7) is 4.59. The molecule has 19 heavy (non-hydrogen) atoms. The van der Waals surface area contributed by atoms with E-state index in [9.17, 15) is 4.79 Å². The first-order valence-electron chi connectivity index (χ1n) is 6.61. The van der Waals surface area contributed by atoms with Gasteiger partial charge in [0, 0.05) is 0 Å². The molecule has 6 heteroatoms. The van der Waals surface area contributed by atoms with E-state index in [0.29, 0.717) is 24.7 Å². The average molecular weight is 267 g/mol. The van der Waals surface area contributed by atoms with Crippen molar-refractivity contribution in [1.82, 2.24) is 9.97 Å². The van der Waals surface area contributed by atoms with Gasteiger partial charge in [-0.15, -0.1) is 0 Å². The van der Waals surface area contributed by atoms with E-state index >= 15 is 0 Å². The minimum Gasteiger partial charge on any atom is -0.480 e. The Balaban J connectivity index is 2.64. The van der Waals surface area contributed by atoms with Crippen molar-refractivity contribution in [2.45, 2.75) is 45.6 Å². The summed E-state index contributed by atoms with van der Waals surface area (Å²) in [5, 5.41) is 12.0. The number of aliphatic carboxylic acids is 1. The van der Waals surface area contributed by atoms with Crippen molar-refractivity contribution in [1.29, 1.82) is 0 Å². The fourth-order valence-corrected chi connectivity index (χ4v) is 1.54. The molecule has 1 unspecified atom stereocenters. The Hall–Kier alpha value is -1.85. The van der Waals surface area contributed by atoms with Crippen LogP contribution in [0.1, 0.15) is 39.5 Å². The van der Waals surface area contributed by atoms with Crippen LogP contribution in [-0.4, -0.2) is 33.7 Å². The van der Waals surface area contributed by atoms with Crippen LogP contribution in [0.3, 0.4) is 0 Å². The number of carboxylic acid groups (broad SMARTS) is 1. The van der Waals surface area contributed by atoms with Crippen molar-refractivity contribution in [2.75, 3.05) is 11.9 Å². The number of anilines is 1. The van der Waals surface area contributed by atoms with Gasteiger partial charge in [0.2, 0.25) is 5.88 Å². The maximum Gasteiger partial charge on any atom is 0.326 e. The first-order valence-corrected chi connectivity index (χ1v) is 6.61. The molecule has 0 aliphatic carbocycles. The fraction of sp³-hybridized carbons (Fsp3) is 0.615. The van der Waals surface area contributed by atoms with Crippen molar-refractivity contribution in [3.63, 3.8) is 0 Å². The quantitative estimate of drug-likeness (QED) is 0.714. The maximum atomic E-state index is 11.1. The van der Waals surface area contributed by atoms with E-state index in [1.54, 1.807) is 0 Å². The van der Waals surface area contributed by atoms with Gasteiger partial charge >= 0.3 is 5.97 Å². The molecular formula is C13H21N3O3. The average Bonchev–Trinajstić information content (AvgIpc) is 2.41. The molecule has 1 rings (SSSR count). The molecule has 0 amide bonds. The molecule has 106 valence electrons. The third kappa shape index (κ3) is 5.54. The molecule has 1 aromatic rings. The molecule has 0 aromatic carbocycles. The second-order valence-electron chi connectivity index (χ2n) is 4.27. The Morgan fingerprint density at radius 3 is 2.84 bits per heavy atom. The van der Waals surface area contributed by atoms with Gasteiger partial charge < -0.3 is 15.2 Å². The first kappa shape index (κ1) is 15.2. The number of hydrogen-bond donors (Lipinski definition) is 2. The summed E-state index contributed by atoms with van der Waals surface area (Å²) in [7, 11) is 0. The lowest BCUT2D eigenvalue weighted by atomic mass is 10.1. The monoisotopic (exact) mass is 267 g/mol. The number of nitrogens with one attached hydrogen (secondary N) is 1. The molecule has 0 aliphatic heterocycles. The summed E-state index contributed by atoms with van der Waals surface area (Å²) in [4.78, 5) is 19.3. The SMILES string of the molecule is CCCCC(Nc1cncc(OCCC)n1)C(=O)O. The largest absolute Gasteiger partial charge is 0.480 e. The number of hydrogen-bond acceptors (Lipinski definition) is 5. The van der Waals surface area contributed by atoms with Crippen molar-refractivity contribution < 1.29 is 14.6 Å². The highest BCUT2D eigenvalue weighted by Gasteiger charge is 2.17. The molecule has 0 fully saturated rings. The lowest BCUT2D eigenvalue weighted by Crippen LogP contribution is -2.29. The van der Waals surface area contributed by atoms with Gasteiger partial charge in [0.25, 0.3) is 0 Å². The number of carbonyl (C=O) groups is 1.